The molecule has 0 bridgehead atoms. The maximum absolute atomic E-state index is 4.04. The molecular formula is C10H14N4S. The van der Waals surface area contributed by atoms with Gasteiger partial charge in [0.05, 0.1) is 6.54 Å². The Balaban J connectivity index is 1.78. The minimum Gasteiger partial charge on any atom is -0.305 e. The highest BCUT2D eigenvalue weighted by molar-refractivity contribution is 7.11. The van der Waals surface area contributed by atoms with Gasteiger partial charge in [0.15, 0.2) is 0 Å². The number of nitrogens with one attached hydrogen (secondary N) is 2. The van der Waals surface area contributed by atoms with E-state index in [-0.39, 0.29) is 0 Å². The van der Waals surface area contributed by atoms with Gasteiger partial charge in [0, 0.05) is 16.3 Å². The molecule has 4 nitrogen and oxygen atoms in total. The highest BCUT2D eigenvalue weighted by Gasteiger charge is 1.99. The lowest BCUT2D eigenvalue weighted by Crippen LogP contribution is -2.12. The number of H-pyrrole nitrogens is 1. The van der Waals surface area contributed by atoms with Crippen molar-refractivity contribution in [3.05, 3.63) is 34.0 Å². The number of hydrogen-bond donors (Lipinski definition) is 2. The lowest BCUT2D eigenvalue weighted by atomic mass is 10.3. The number of aromatic nitrogens is 3. The number of aryl methyl sites for hydroxylation is 1. The van der Waals surface area contributed by atoms with Crippen LogP contribution in [0.2, 0.25) is 0 Å². The average Bonchev–Trinajstić information content (AvgIpc) is 2.88. The smallest absolute Gasteiger partial charge is 0.138 e. The molecule has 15 heavy (non-hydrogen) atoms. The number of rotatable bonds is 5. The highest BCUT2D eigenvalue weighted by Crippen LogP contribution is 2.16. The molecule has 2 aromatic rings. The lowest BCUT2D eigenvalue weighted by molar-refractivity contribution is 0.671. The zero-order valence-corrected chi connectivity index (χ0v) is 9.47. The van der Waals surface area contributed by atoms with Gasteiger partial charge in [-0.25, -0.2) is 4.98 Å². The highest BCUT2D eigenvalue weighted by atomic mass is 32.1. The Morgan fingerprint density at radius 2 is 2.20 bits per heavy atom. The quantitative estimate of drug-likeness (QED) is 0.810. The molecule has 0 amide bonds. The average molecular weight is 222 g/mol. The van der Waals surface area contributed by atoms with Gasteiger partial charge in [-0.1, -0.05) is 6.92 Å². The van der Waals surface area contributed by atoms with Gasteiger partial charge in [-0.05, 0) is 18.6 Å². The van der Waals surface area contributed by atoms with Crippen LogP contribution in [-0.4, -0.2) is 15.2 Å². The molecule has 0 saturated heterocycles. The zero-order valence-electron chi connectivity index (χ0n) is 8.66. The van der Waals surface area contributed by atoms with Crippen LogP contribution in [-0.2, 0) is 19.5 Å². The van der Waals surface area contributed by atoms with Crippen LogP contribution in [0.15, 0.2) is 18.5 Å². The van der Waals surface area contributed by atoms with E-state index in [2.05, 4.69) is 39.6 Å². The van der Waals surface area contributed by atoms with Crippen molar-refractivity contribution in [3.63, 3.8) is 0 Å². The standard InChI is InChI=1S/C10H14N4S/c1-2-8-3-4-9(15-8)5-11-6-10-12-7-13-14-10/h3-4,7,11H,2,5-6H2,1H3,(H,12,13,14). The second-order valence-electron chi connectivity index (χ2n) is 3.26. The van der Waals surface area contributed by atoms with Crippen LogP contribution in [0, 0.1) is 0 Å². The molecule has 0 aliphatic heterocycles. The lowest BCUT2D eigenvalue weighted by Gasteiger charge is -1.98. The van der Waals surface area contributed by atoms with E-state index in [0.29, 0.717) is 0 Å². The predicted molar refractivity (Wildman–Crippen MR) is 60.6 cm³/mol. The Morgan fingerprint density at radius 3 is 2.87 bits per heavy atom. The van der Waals surface area contributed by atoms with Crippen molar-refractivity contribution >= 4 is 11.3 Å². The number of nitrogens with zero attached hydrogens (tertiary/aromatic N) is 2. The molecule has 2 aromatic heterocycles. The van der Waals surface area contributed by atoms with Gasteiger partial charge in [-0.15, -0.1) is 11.3 Å². The van der Waals surface area contributed by atoms with E-state index in [9.17, 15) is 0 Å². The number of hydrogen-bond acceptors (Lipinski definition) is 4. The van der Waals surface area contributed by atoms with Gasteiger partial charge < -0.3 is 5.32 Å². The Morgan fingerprint density at radius 1 is 1.33 bits per heavy atom. The summed E-state index contributed by atoms with van der Waals surface area (Å²) >= 11 is 1.86. The van der Waals surface area contributed by atoms with Crippen molar-refractivity contribution in [1.82, 2.24) is 20.5 Å². The largest absolute Gasteiger partial charge is 0.305 e. The first-order chi connectivity index (χ1) is 7.38. The first kappa shape index (κ1) is 10.3. The fraction of sp³-hybridized carbons (Fsp3) is 0.400. The molecule has 0 radical (unpaired) electrons. The Bertz CT molecular complexity index is 393. The minimum atomic E-state index is 0.735. The summed E-state index contributed by atoms with van der Waals surface area (Å²) in [7, 11) is 0. The maximum Gasteiger partial charge on any atom is 0.138 e. The maximum atomic E-state index is 4.04. The third-order valence-corrected chi connectivity index (χ3v) is 3.35. The summed E-state index contributed by atoms with van der Waals surface area (Å²) in [6, 6.07) is 4.37. The fourth-order valence-electron chi connectivity index (χ4n) is 1.33. The summed E-state index contributed by atoms with van der Waals surface area (Å²) < 4.78 is 0. The third kappa shape index (κ3) is 2.87. The molecule has 5 heteroatoms. The van der Waals surface area contributed by atoms with Gasteiger partial charge >= 0.3 is 0 Å². The second kappa shape index (κ2) is 5.04. The van der Waals surface area contributed by atoms with Crippen LogP contribution >= 0.6 is 11.3 Å². The van der Waals surface area contributed by atoms with Crippen molar-refractivity contribution in [3.8, 4) is 0 Å². The molecule has 0 unspecified atom stereocenters. The molecule has 0 fully saturated rings. The van der Waals surface area contributed by atoms with E-state index >= 15 is 0 Å². The molecule has 80 valence electrons. The van der Waals surface area contributed by atoms with Crippen LogP contribution in [0.4, 0.5) is 0 Å². The summed E-state index contributed by atoms with van der Waals surface area (Å²) in [5.41, 5.74) is 0. The van der Waals surface area contributed by atoms with Gasteiger partial charge in [0.2, 0.25) is 0 Å². The molecule has 0 aromatic carbocycles. The topological polar surface area (TPSA) is 53.6 Å². The third-order valence-electron chi connectivity index (χ3n) is 2.12. The van der Waals surface area contributed by atoms with E-state index in [1.165, 1.54) is 16.1 Å². The van der Waals surface area contributed by atoms with Crippen LogP contribution in [0.1, 0.15) is 22.5 Å². The Kier molecular flexibility index (Phi) is 3.47. The molecule has 0 spiro atoms. The normalized spacial score (nSPS) is 10.7. The van der Waals surface area contributed by atoms with E-state index in [4.69, 9.17) is 0 Å². The summed E-state index contributed by atoms with van der Waals surface area (Å²) in [5.74, 6) is 0.877. The molecule has 0 aliphatic carbocycles. The predicted octanol–water partition coefficient (Wildman–Crippen LogP) is 1.72. The van der Waals surface area contributed by atoms with Crippen LogP contribution in [0.5, 0.6) is 0 Å². The fourth-order valence-corrected chi connectivity index (χ4v) is 2.25. The molecule has 2 N–H and O–H groups in total. The van der Waals surface area contributed by atoms with Gasteiger partial charge in [-0.3, -0.25) is 5.10 Å². The summed E-state index contributed by atoms with van der Waals surface area (Å²) in [5, 5.41) is 9.93. The van der Waals surface area contributed by atoms with Crippen molar-refractivity contribution in [2.24, 2.45) is 0 Å². The van der Waals surface area contributed by atoms with Crippen molar-refractivity contribution in [2.45, 2.75) is 26.4 Å². The number of thiophene rings is 1. The molecule has 2 heterocycles. The van der Waals surface area contributed by atoms with Crippen LogP contribution in [0.3, 0.4) is 0 Å². The molecule has 0 saturated carbocycles. The second-order valence-corrected chi connectivity index (χ2v) is 4.51. The van der Waals surface area contributed by atoms with Crippen LogP contribution < -0.4 is 5.32 Å². The Hall–Kier alpha value is -1.20. The van der Waals surface area contributed by atoms with Crippen molar-refractivity contribution in [2.75, 3.05) is 0 Å². The first-order valence-corrected chi connectivity index (χ1v) is 5.82. The SMILES string of the molecule is CCc1ccc(CNCc2ncn[nH]2)s1. The summed E-state index contributed by atoms with van der Waals surface area (Å²) in [4.78, 5) is 6.85. The van der Waals surface area contributed by atoms with Crippen LogP contribution in [0.25, 0.3) is 0 Å². The molecular weight excluding hydrogens is 208 g/mol. The Labute approximate surface area is 92.8 Å². The van der Waals surface area contributed by atoms with Crippen molar-refractivity contribution in [1.29, 1.82) is 0 Å². The van der Waals surface area contributed by atoms with Gasteiger partial charge in [0.25, 0.3) is 0 Å². The van der Waals surface area contributed by atoms with E-state index in [1.807, 2.05) is 11.3 Å². The minimum absolute atomic E-state index is 0.735. The number of aromatic amines is 1. The van der Waals surface area contributed by atoms with Crippen molar-refractivity contribution < 1.29 is 0 Å². The molecule has 2 rings (SSSR count). The summed E-state index contributed by atoms with van der Waals surface area (Å²) in [6.45, 7) is 3.81. The summed E-state index contributed by atoms with van der Waals surface area (Å²) in [6.07, 6.45) is 2.64. The van der Waals surface area contributed by atoms with E-state index in [0.717, 1.165) is 25.3 Å². The van der Waals surface area contributed by atoms with E-state index in [1.54, 1.807) is 0 Å². The first-order valence-electron chi connectivity index (χ1n) is 5.01. The zero-order chi connectivity index (χ0) is 10.5. The van der Waals surface area contributed by atoms with Gasteiger partial charge in [0.1, 0.15) is 12.2 Å². The molecule has 0 aliphatic rings. The van der Waals surface area contributed by atoms with Gasteiger partial charge in [-0.2, -0.15) is 5.10 Å². The monoisotopic (exact) mass is 222 g/mol. The van der Waals surface area contributed by atoms with E-state index < -0.39 is 0 Å². The molecule has 0 atom stereocenters.